The Bertz CT molecular complexity index is 371. The average Bonchev–Trinajstić information content (AvgIpc) is 2.57. The molecule has 0 radical (unpaired) electrons. The maximum atomic E-state index is 5.71. The first-order valence-corrected chi connectivity index (χ1v) is 3.59. The number of hydrogen-bond acceptors (Lipinski definition) is 3. The summed E-state index contributed by atoms with van der Waals surface area (Å²) >= 11 is 0. The highest BCUT2D eigenvalue weighted by Gasteiger charge is 1.99. The molecule has 13 heavy (non-hydrogen) atoms. The Kier molecular flexibility index (Phi) is 2.87. The molecular weight excluding hydrogens is 188 g/mol. The normalized spacial score (nSPS) is 9.23. The lowest BCUT2D eigenvalue weighted by Crippen LogP contribution is -2.02. The Balaban J connectivity index is 0.000000845. The van der Waals surface area contributed by atoms with Crippen LogP contribution in [0, 0.1) is 0 Å². The van der Waals surface area contributed by atoms with Gasteiger partial charge in [0.05, 0.1) is 18.1 Å². The Morgan fingerprint density at radius 1 is 1.08 bits per heavy atom. The molecule has 0 aliphatic rings. The maximum absolute atomic E-state index is 5.71. The fourth-order valence-electron chi connectivity index (χ4n) is 1.01. The molecule has 0 spiro atoms. The number of benzene rings is 1. The van der Waals surface area contributed by atoms with Gasteiger partial charge in [-0.15, -0.1) is 17.2 Å². The third-order valence-corrected chi connectivity index (χ3v) is 1.57. The second-order valence-electron chi connectivity index (χ2n) is 2.38. The van der Waals surface area contributed by atoms with E-state index in [-0.39, 0.29) is 12.4 Å². The summed E-state index contributed by atoms with van der Waals surface area (Å²) in [6.07, 6.45) is 3.24. The molecule has 0 atom stereocenters. The van der Waals surface area contributed by atoms with Gasteiger partial charge in [-0.25, -0.2) is 0 Å². The standard InChI is InChI=1S/C8H8N4.ClH/c9-7-3-1-2-4-8(7)12-10-5-6-11-12;/h1-6H,9H2;1H. The largest absolute Gasteiger partial charge is 0.397 e. The van der Waals surface area contributed by atoms with Gasteiger partial charge in [0.15, 0.2) is 0 Å². The van der Waals surface area contributed by atoms with Crippen molar-refractivity contribution < 1.29 is 0 Å². The minimum Gasteiger partial charge on any atom is -0.397 e. The van der Waals surface area contributed by atoms with Gasteiger partial charge in [-0.1, -0.05) is 12.1 Å². The molecule has 0 saturated carbocycles. The molecule has 1 aromatic carbocycles. The molecule has 5 heteroatoms. The summed E-state index contributed by atoms with van der Waals surface area (Å²) in [5.41, 5.74) is 7.19. The van der Waals surface area contributed by atoms with Gasteiger partial charge < -0.3 is 5.73 Å². The number of anilines is 1. The molecule has 2 N–H and O–H groups in total. The Hall–Kier alpha value is -1.55. The minimum atomic E-state index is 0. The van der Waals surface area contributed by atoms with Gasteiger partial charge in [0.25, 0.3) is 0 Å². The lowest BCUT2D eigenvalue weighted by Gasteiger charge is -2.01. The van der Waals surface area contributed by atoms with Crippen molar-refractivity contribution in [1.82, 2.24) is 15.0 Å². The molecule has 1 aromatic heterocycles. The highest BCUT2D eigenvalue weighted by molar-refractivity contribution is 5.85. The zero-order valence-electron chi connectivity index (χ0n) is 6.79. The predicted octanol–water partition coefficient (Wildman–Crippen LogP) is 1.27. The number of halogens is 1. The molecular formula is C8H9ClN4. The number of hydrogen-bond donors (Lipinski definition) is 1. The van der Waals surface area contributed by atoms with Crippen molar-refractivity contribution in [3.05, 3.63) is 36.7 Å². The van der Waals surface area contributed by atoms with Gasteiger partial charge in [0, 0.05) is 0 Å². The van der Waals surface area contributed by atoms with Crippen molar-refractivity contribution in [3.8, 4) is 5.69 Å². The van der Waals surface area contributed by atoms with Crippen LogP contribution in [0.1, 0.15) is 0 Å². The summed E-state index contributed by atoms with van der Waals surface area (Å²) in [6.45, 7) is 0. The van der Waals surface area contributed by atoms with Crippen LogP contribution in [0.4, 0.5) is 5.69 Å². The summed E-state index contributed by atoms with van der Waals surface area (Å²) < 4.78 is 0. The number of nitrogens with two attached hydrogens (primary N) is 1. The van der Waals surface area contributed by atoms with E-state index in [9.17, 15) is 0 Å². The van der Waals surface area contributed by atoms with Gasteiger partial charge in [-0.05, 0) is 12.1 Å². The fraction of sp³-hybridized carbons (Fsp3) is 0. The van der Waals surface area contributed by atoms with E-state index < -0.39 is 0 Å². The Labute approximate surface area is 81.8 Å². The summed E-state index contributed by atoms with van der Waals surface area (Å²) in [7, 11) is 0. The molecule has 0 aliphatic heterocycles. The molecule has 2 aromatic rings. The van der Waals surface area contributed by atoms with Crippen LogP contribution in [0.2, 0.25) is 0 Å². The first-order valence-electron chi connectivity index (χ1n) is 3.59. The maximum Gasteiger partial charge on any atom is 0.109 e. The van der Waals surface area contributed by atoms with E-state index in [2.05, 4.69) is 10.2 Å². The lowest BCUT2D eigenvalue weighted by atomic mass is 10.3. The van der Waals surface area contributed by atoms with Gasteiger partial charge in [-0.2, -0.15) is 10.2 Å². The van der Waals surface area contributed by atoms with E-state index in [0.29, 0.717) is 5.69 Å². The van der Waals surface area contributed by atoms with Crippen LogP contribution >= 0.6 is 12.4 Å². The van der Waals surface area contributed by atoms with Crippen LogP contribution in [-0.2, 0) is 0 Å². The lowest BCUT2D eigenvalue weighted by molar-refractivity contribution is 0.754. The SMILES string of the molecule is Cl.Nc1ccccc1-n1nccn1. The molecule has 0 fully saturated rings. The Morgan fingerprint density at radius 2 is 1.69 bits per heavy atom. The summed E-state index contributed by atoms with van der Waals surface area (Å²) in [6, 6.07) is 7.46. The smallest absolute Gasteiger partial charge is 0.109 e. The quantitative estimate of drug-likeness (QED) is 0.699. The van der Waals surface area contributed by atoms with Crippen LogP contribution in [-0.4, -0.2) is 15.0 Å². The van der Waals surface area contributed by atoms with Gasteiger partial charge in [-0.3, -0.25) is 0 Å². The molecule has 0 bridgehead atoms. The van der Waals surface area contributed by atoms with Crippen LogP contribution in [0.15, 0.2) is 36.7 Å². The van der Waals surface area contributed by atoms with Crippen LogP contribution in [0.25, 0.3) is 5.69 Å². The van der Waals surface area contributed by atoms with Crippen molar-refractivity contribution in [3.63, 3.8) is 0 Å². The molecule has 4 nitrogen and oxygen atoms in total. The first kappa shape index (κ1) is 9.54. The van der Waals surface area contributed by atoms with Gasteiger partial charge >= 0.3 is 0 Å². The minimum absolute atomic E-state index is 0. The second kappa shape index (κ2) is 3.91. The zero-order valence-corrected chi connectivity index (χ0v) is 7.61. The second-order valence-corrected chi connectivity index (χ2v) is 2.38. The summed E-state index contributed by atoms with van der Waals surface area (Å²) in [5, 5.41) is 7.95. The highest BCUT2D eigenvalue weighted by Crippen LogP contribution is 2.12. The number of nitrogens with zero attached hydrogens (tertiary/aromatic N) is 3. The van der Waals surface area contributed by atoms with Crippen LogP contribution in [0.3, 0.4) is 0 Å². The van der Waals surface area contributed by atoms with Crippen LogP contribution < -0.4 is 5.73 Å². The predicted molar refractivity (Wildman–Crippen MR) is 53.0 cm³/mol. The van der Waals surface area contributed by atoms with Crippen LogP contribution in [0.5, 0.6) is 0 Å². The number of nitrogen functional groups attached to an aromatic ring is 1. The highest BCUT2D eigenvalue weighted by atomic mass is 35.5. The summed E-state index contributed by atoms with van der Waals surface area (Å²) in [5.74, 6) is 0. The molecule has 0 saturated heterocycles. The first-order chi connectivity index (χ1) is 5.88. The van der Waals surface area contributed by atoms with Crippen molar-refractivity contribution in [2.45, 2.75) is 0 Å². The molecule has 0 amide bonds. The third kappa shape index (κ3) is 1.78. The number of para-hydroxylation sites is 2. The van der Waals surface area contributed by atoms with Gasteiger partial charge in [0.2, 0.25) is 0 Å². The number of rotatable bonds is 1. The Morgan fingerprint density at radius 3 is 2.31 bits per heavy atom. The monoisotopic (exact) mass is 196 g/mol. The van der Waals surface area contributed by atoms with Crippen molar-refractivity contribution in [2.24, 2.45) is 0 Å². The topological polar surface area (TPSA) is 56.7 Å². The van der Waals surface area contributed by atoms with E-state index in [0.717, 1.165) is 5.69 Å². The molecule has 1 heterocycles. The zero-order chi connectivity index (χ0) is 8.39. The fourth-order valence-corrected chi connectivity index (χ4v) is 1.01. The van der Waals surface area contributed by atoms with E-state index >= 15 is 0 Å². The third-order valence-electron chi connectivity index (χ3n) is 1.57. The molecule has 0 unspecified atom stereocenters. The van der Waals surface area contributed by atoms with Crippen molar-refractivity contribution >= 4 is 18.1 Å². The molecule has 0 aliphatic carbocycles. The summed E-state index contributed by atoms with van der Waals surface area (Å²) in [4.78, 5) is 1.50. The average molecular weight is 197 g/mol. The molecule has 2 rings (SSSR count). The van der Waals surface area contributed by atoms with E-state index in [1.165, 1.54) is 4.80 Å². The van der Waals surface area contributed by atoms with Crippen molar-refractivity contribution in [1.29, 1.82) is 0 Å². The van der Waals surface area contributed by atoms with Gasteiger partial charge in [0.1, 0.15) is 5.69 Å². The van der Waals surface area contributed by atoms with E-state index in [1.54, 1.807) is 12.4 Å². The molecule has 68 valence electrons. The van der Waals surface area contributed by atoms with Crippen molar-refractivity contribution in [2.75, 3.05) is 5.73 Å². The van der Waals surface area contributed by atoms with E-state index in [1.807, 2.05) is 24.3 Å². The van der Waals surface area contributed by atoms with E-state index in [4.69, 9.17) is 5.73 Å². The number of aromatic nitrogens is 3.